The summed E-state index contributed by atoms with van der Waals surface area (Å²) in [6.45, 7) is 5.32. The molecule has 2 nitrogen and oxygen atoms in total. The second-order valence-electron chi connectivity index (χ2n) is 4.96. The summed E-state index contributed by atoms with van der Waals surface area (Å²) in [6.07, 6.45) is 2.24. The highest BCUT2D eigenvalue weighted by Gasteiger charge is 2.28. The zero-order valence-corrected chi connectivity index (χ0v) is 12.5. The Balaban J connectivity index is 2.18. The standard InChI is InChI=1S/C14H18INO/c1-10-7-8-16(11(2)9-10)14(17)12-5-3-4-6-13(12)15/h3-6,10-11H,7-9H2,1-2H3. The van der Waals surface area contributed by atoms with E-state index in [0.717, 1.165) is 34.4 Å². The summed E-state index contributed by atoms with van der Waals surface area (Å²) in [6, 6.07) is 8.19. The molecule has 1 amide bonds. The summed E-state index contributed by atoms with van der Waals surface area (Å²) in [5.41, 5.74) is 0.842. The molecular formula is C14H18INO. The van der Waals surface area contributed by atoms with E-state index >= 15 is 0 Å². The Labute approximate surface area is 117 Å². The molecule has 0 spiro atoms. The lowest BCUT2D eigenvalue weighted by Gasteiger charge is -2.36. The SMILES string of the molecule is CC1CCN(C(=O)c2ccccc2I)C(C)C1. The Kier molecular flexibility index (Phi) is 4.07. The second-order valence-corrected chi connectivity index (χ2v) is 6.12. The minimum Gasteiger partial charge on any atom is -0.336 e. The van der Waals surface area contributed by atoms with E-state index < -0.39 is 0 Å². The number of carbonyl (C=O) groups excluding carboxylic acids is 1. The number of hydrogen-bond acceptors (Lipinski definition) is 1. The first kappa shape index (κ1) is 12.9. The fraction of sp³-hybridized carbons (Fsp3) is 0.500. The van der Waals surface area contributed by atoms with Gasteiger partial charge in [0.1, 0.15) is 0 Å². The Morgan fingerprint density at radius 3 is 2.71 bits per heavy atom. The van der Waals surface area contributed by atoms with Crippen LogP contribution in [-0.2, 0) is 0 Å². The van der Waals surface area contributed by atoms with Crippen molar-refractivity contribution in [2.45, 2.75) is 32.7 Å². The molecule has 0 bridgehead atoms. The first-order valence-corrected chi connectivity index (χ1v) is 7.23. The maximum atomic E-state index is 12.5. The maximum absolute atomic E-state index is 12.5. The van der Waals surface area contributed by atoms with E-state index in [0.29, 0.717) is 6.04 Å². The van der Waals surface area contributed by atoms with Crippen molar-refractivity contribution in [1.29, 1.82) is 0 Å². The topological polar surface area (TPSA) is 20.3 Å². The van der Waals surface area contributed by atoms with Gasteiger partial charge in [0.25, 0.3) is 5.91 Å². The van der Waals surface area contributed by atoms with E-state index in [9.17, 15) is 4.79 Å². The number of halogens is 1. The molecule has 1 fully saturated rings. The third-order valence-corrected chi connectivity index (χ3v) is 4.44. The predicted octanol–water partition coefficient (Wildman–Crippen LogP) is 3.55. The van der Waals surface area contributed by atoms with Crippen molar-refractivity contribution < 1.29 is 4.79 Å². The van der Waals surface area contributed by atoms with Crippen LogP contribution in [0.25, 0.3) is 0 Å². The van der Waals surface area contributed by atoms with Gasteiger partial charge in [-0.25, -0.2) is 0 Å². The van der Waals surface area contributed by atoms with Crippen LogP contribution in [0, 0.1) is 9.49 Å². The van der Waals surface area contributed by atoms with Gasteiger partial charge in [0.2, 0.25) is 0 Å². The largest absolute Gasteiger partial charge is 0.336 e. The van der Waals surface area contributed by atoms with Crippen molar-refractivity contribution in [2.75, 3.05) is 6.54 Å². The van der Waals surface area contributed by atoms with E-state index in [4.69, 9.17) is 0 Å². The minimum atomic E-state index is 0.189. The third-order valence-electron chi connectivity index (χ3n) is 3.50. The molecule has 0 saturated carbocycles. The number of rotatable bonds is 1. The zero-order chi connectivity index (χ0) is 12.4. The van der Waals surface area contributed by atoms with Crippen LogP contribution in [0.4, 0.5) is 0 Å². The van der Waals surface area contributed by atoms with Crippen LogP contribution >= 0.6 is 22.6 Å². The van der Waals surface area contributed by atoms with Gasteiger partial charge >= 0.3 is 0 Å². The van der Waals surface area contributed by atoms with Crippen molar-refractivity contribution in [3.63, 3.8) is 0 Å². The van der Waals surface area contributed by atoms with Gasteiger partial charge in [-0.3, -0.25) is 4.79 Å². The summed E-state index contributed by atoms with van der Waals surface area (Å²) in [4.78, 5) is 14.5. The predicted molar refractivity (Wildman–Crippen MR) is 78.1 cm³/mol. The third kappa shape index (κ3) is 2.81. The van der Waals surface area contributed by atoms with E-state index in [-0.39, 0.29) is 5.91 Å². The number of piperidine rings is 1. The van der Waals surface area contributed by atoms with Crippen molar-refractivity contribution in [3.8, 4) is 0 Å². The number of nitrogens with zero attached hydrogens (tertiary/aromatic N) is 1. The lowest BCUT2D eigenvalue weighted by molar-refractivity contribution is 0.0587. The lowest BCUT2D eigenvalue weighted by atomic mass is 9.93. The molecule has 2 unspecified atom stereocenters. The van der Waals surface area contributed by atoms with Crippen LogP contribution in [0.5, 0.6) is 0 Å². The molecule has 92 valence electrons. The first-order valence-electron chi connectivity index (χ1n) is 6.15. The number of amides is 1. The van der Waals surface area contributed by atoms with Gasteiger partial charge in [-0.2, -0.15) is 0 Å². The van der Waals surface area contributed by atoms with Crippen LogP contribution in [-0.4, -0.2) is 23.4 Å². The fourth-order valence-corrected chi connectivity index (χ4v) is 3.12. The average Bonchev–Trinajstić information content (AvgIpc) is 2.29. The molecule has 0 aromatic heterocycles. The first-order chi connectivity index (χ1) is 8.09. The van der Waals surface area contributed by atoms with Gasteiger partial charge in [0.05, 0.1) is 5.56 Å². The molecule has 1 heterocycles. The second kappa shape index (κ2) is 5.38. The zero-order valence-electron chi connectivity index (χ0n) is 10.3. The normalized spacial score (nSPS) is 24.8. The monoisotopic (exact) mass is 343 g/mol. The molecular weight excluding hydrogens is 325 g/mol. The molecule has 1 aliphatic rings. The highest BCUT2D eigenvalue weighted by Crippen LogP contribution is 2.25. The summed E-state index contributed by atoms with van der Waals surface area (Å²) >= 11 is 2.24. The average molecular weight is 343 g/mol. The molecule has 1 aromatic rings. The molecule has 0 N–H and O–H groups in total. The smallest absolute Gasteiger partial charge is 0.255 e. The van der Waals surface area contributed by atoms with Crippen LogP contribution in [0.3, 0.4) is 0 Å². The van der Waals surface area contributed by atoms with E-state index in [1.807, 2.05) is 29.2 Å². The van der Waals surface area contributed by atoms with Gasteiger partial charge in [-0.05, 0) is 60.4 Å². The van der Waals surface area contributed by atoms with Crippen LogP contribution in [0.15, 0.2) is 24.3 Å². The van der Waals surface area contributed by atoms with Crippen LogP contribution in [0.1, 0.15) is 37.0 Å². The maximum Gasteiger partial charge on any atom is 0.255 e. The Morgan fingerprint density at radius 2 is 2.06 bits per heavy atom. The fourth-order valence-electron chi connectivity index (χ4n) is 2.50. The molecule has 1 saturated heterocycles. The van der Waals surface area contributed by atoms with Crippen molar-refractivity contribution in [2.24, 2.45) is 5.92 Å². The van der Waals surface area contributed by atoms with Crippen LogP contribution < -0.4 is 0 Å². The molecule has 1 aliphatic heterocycles. The Hall–Kier alpha value is -0.580. The number of carbonyl (C=O) groups is 1. The summed E-state index contributed by atoms with van der Waals surface area (Å²) in [5, 5.41) is 0. The van der Waals surface area contributed by atoms with Gasteiger partial charge in [0, 0.05) is 16.2 Å². The van der Waals surface area contributed by atoms with Crippen molar-refractivity contribution in [1.82, 2.24) is 4.90 Å². The van der Waals surface area contributed by atoms with Crippen LogP contribution in [0.2, 0.25) is 0 Å². The van der Waals surface area contributed by atoms with Gasteiger partial charge < -0.3 is 4.90 Å². The molecule has 0 aliphatic carbocycles. The van der Waals surface area contributed by atoms with Crippen molar-refractivity contribution in [3.05, 3.63) is 33.4 Å². The minimum absolute atomic E-state index is 0.189. The number of benzene rings is 1. The van der Waals surface area contributed by atoms with E-state index in [1.54, 1.807) is 0 Å². The highest BCUT2D eigenvalue weighted by molar-refractivity contribution is 14.1. The number of hydrogen-bond donors (Lipinski definition) is 0. The Morgan fingerprint density at radius 1 is 1.35 bits per heavy atom. The molecule has 0 radical (unpaired) electrons. The quantitative estimate of drug-likeness (QED) is 0.714. The van der Waals surface area contributed by atoms with E-state index in [2.05, 4.69) is 36.4 Å². The van der Waals surface area contributed by atoms with Gasteiger partial charge in [-0.1, -0.05) is 19.1 Å². The molecule has 1 aromatic carbocycles. The van der Waals surface area contributed by atoms with E-state index in [1.165, 1.54) is 0 Å². The molecule has 2 rings (SSSR count). The number of likely N-dealkylation sites (tertiary alicyclic amines) is 1. The van der Waals surface area contributed by atoms with Gasteiger partial charge in [-0.15, -0.1) is 0 Å². The Bertz CT molecular complexity index is 418. The lowest BCUT2D eigenvalue weighted by Crippen LogP contribution is -2.44. The molecule has 2 atom stereocenters. The summed E-state index contributed by atoms with van der Waals surface area (Å²) in [7, 11) is 0. The summed E-state index contributed by atoms with van der Waals surface area (Å²) in [5.74, 6) is 0.929. The van der Waals surface area contributed by atoms with Crippen molar-refractivity contribution >= 4 is 28.5 Å². The molecule has 3 heteroatoms. The highest BCUT2D eigenvalue weighted by atomic mass is 127. The van der Waals surface area contributed by atoms with Gasteiger partial charge in [0.15, 0.2) is 0 Å². The summed E-state index contributed by atoms with van der Waals surface area (Å²) < 4.78 is 1.04. The molecule has 17 heavy (non-hydrogen) atoms.